The molecule has 1 fully saturated rings. The van der Waals surface area contributed by atoms with E-state index in [4.69, 9.17) is 4.98 Å². The Kier molecular flexibility index (Phi) is 4.18. The third kappa shape index (κ3) is 3.24. The first-order valence-electron chi connectivity index (χ1n) is 9.46. The Morgan fingerprint density at radius 2 is 1.96 bits per heavy atom. The van der Waals surface area contributed by atoms with E-state index in [1.165, 1.54) is 18.4 Å². The van der Waals surface area contributed by atoms with Crippen LogP contribution in [0.4, 0.5) is 0 Å². The summed E-state index contributed by atoms with van der Waals surface area (Å²) >= 11 is 0. The van der Waals surface area contributed by atoms with Gasteiger partial charge in [0.15, 0.2) is 5.65 Å². The predicted octanol–water partition coefficient (Wildman–Crippen LogP) is 3.26. The topological polar surface area (TPSA) is 51.2 Å². The smallest absolute Gasteiger partial charge is 0.162 e. The summed E-state index contributed by atoms with van der Waals surface area (Å²) in [5, 5.41) is 8.89. The quantitative estimate of drug-likeness (QED) is 0.549. The monoisotopic (exact) mass is 358 g/mol. The van der Waals surface area contributed by atoms with Crippen molar-refractivity contribution in [3.05, 3.63) is 72.9 Å². The molecule has 0 N–H and O–H groups in total. The number of benzene rings is 1. The Balaban J connectivity index is 1.36. The van der Waals surface area contributed by atoms with Gasteiger partial charge in [-0.1, -0.05) is 30.3 Å². The van der Waals surface area contributed by atoms with Crippen molar-refractivity contribution >= 4 is 5.65 Å². The lowest BCUT2D eigenvalue weighted by Crippen LogP contribution is -2.32. The first-order valence-corrected chi connectivity index (χ1v) is 9.46. The molecular formula is C21H22N6. The predicted molar refractivity (Wildman–Crippen MR) is 104 cm³/mol. The molecule has 1 aromatic carbocycles. The summed E-state index contributed by atoms with van der Waals surface area (Å²) in [4.78, 5) is 7.25. The molecule has 6 nitrogen and oxygen atoms in total. The Bertz CT molecular complexity index is 1020. The SMILES string of the molecule is c1ccc(-c2cnn3cc(CN4CCC[C@@H]4Cn4cccn4)cnc23)cc1. The largest absolute Gasteiger partial charge is 0.294 e. The van der Waals surface area contributed by atoms with E-state index < -0.39 is 0 Å². The Hall–Kier alpha value is -2.99. The van der Waals surface area contributed by atoms with Gasteiger partial charge in [-0.2, -0.15) is 10.2 Å². The molecule has 0 amide bonds. The first-order chi connectivity index (χ1) is 13.4. The van der Waals surface area contributed by atoms with Gasteiger partial charge in [0.05, 0.1) is 12.7 Å². The molecule has 27 heavy (non-hydrogen) atoms. The fourth-order valence-corrected chi connectivity index (χ4v) is 3.99. The highest BCUT2D eigenvalue weighted by molar-refractivity contribution is 5.76. The standard InChI is InChI=1S/C21H22N6/c1-2-6-18(7-3-1)20-13-24-27-15-17(12-22-21(20)27)14-25-10-4-8-19(25)16-26-11-5-9-23-26/h1-3,5-7,9,11-13,15,19H,4,8,10,14,16H2/t19-/m1/s1. The molecule has 0 radical (unpaired) electrons. The second-order valence-electron chi connectivity index (χ2n) is 7.15. The van der Waals surface area contributed by atoms with Gasteiger partial charge in [-0.25, -0.2) is 9.50 Å². The van der Waals surface area contributed by atoms with Crippen LogP contribution in [-0.4, -0.2) is 41.9 Å². The van der Waals surface area contributed by atoms with E-state index in [9.17, 15) is 0 Å². The summed E-state index contributed by atoms with van der Waals surface area (Å²) in [7, 11) is 0. The molecule has 0 bridgehead atoms. The molecule has 0 aliphatic carbocycles. The fourth-order valence-electron chi connectivity index (χ4n) is 3.99. The third-order valence-electron chi connectivity index (χ3n) is 5.34. The molecule has 6 heteroatoms. The number of hydrogen-bond donors (Lipinski definition) is 0. The number of rotatable bonds is 5. The molecule has 0 unspecified atom stereocenters. The Labute approximate surface area is 158 Å². The van der Waals surface area contributed by atoms with Gasteiger partial charge >= 0.3 is 0 Å². The Morgan fingerprint density at radius 3 is 2.81 bits per heavy atom. The van der Waals surface area contributed by atoms with Gasteiger partial charge in [-0.15, -0.1) is 0 Å². The van der Waals surface area contributed by atoms with Crippen molar-refractivity contribution in [1.29, 1.82) is 0 Å². The van der Waals surface area contributed by atoms with Crippen molar-refractivity contribution in [2.75, 3.05) is 6.54 Å². The van der Waals surface area contributed by atoms with E-state index >= 15 is 0 Å². The third-order valence-corrected chi connectivity index (χ3v) is 5.34. The van der Waals surface area contributed by atoms with Crippen LogP contribution >= 0.6 is 0 Å². The van der Waals surface area contributed by atoms with E-state index in [-0.39, 0.29) is 0 Å². The highest BCUT2D eigenvalue weighted by atomic mass is 15.3. The van der Waals surface area contributed by atoms with Crippen molar-refractivity contribution in [1.82, 2.24) is 29.3 Å². The maximum atomic E-state index is 4.72. The van der Waals surface area contributed by atoms with Crippen LogP contribution in [0.2, 0.25) is 0 Å². The molecule has 1 aliphatic rings. The summed E-state index contributed by atoms with van der Waals surface area (Å²) < 4.78 is 3.93. The average Bonchev–Trinajstić information content (AvgIpc) is 3.45. The molecule has 0 saturated carbocycles. The van der Waals surface area contributed by atoms with E-state index in [0.717, 1.165) is 36.4 Å². The molecule has 1 saturated heterocycles. The minimum Gasteiger partial charge on any atom is -0.294 e. The minimum absolute atomic E-state index is 0.526. The zero-order valence-electron chi connectivity index (χ0n) is 15.1. The molecule has 4 aromatic rings. The van der Waals surface area contributed by atoms with Crippen LogP contribution in [0.5, 0.6) is 0 Å². The van der Waals surface area contributed by atoms with E-state index in [1.54, 1.807) is 0 Å². The summed E-state index contributed by atoms with van der Waals surface area (Å²) in [6.07, 6.45) is 12.3. The maximum absolute atomic E-state index is 4.72. The van der Waals surface area contributed by atoms with Crippen LogP contribution in [-0.2, 0) is 13.1 Å². The van der Waals surface area contributed by atoms with E-state index in [0.29, 0.717) is 6.04 Å². The summed E-state index contributed by atoms with van der Waals surface area (Å²) in [6, 6.07) is 12.8. The minimum atomic E-state index is 0.526. The lowest BCUT2D eigenvalue weighted by atomic mass is 10.1. The molecule has 1 atom stereocenters. The highest BCUT2D eigenvalue weighted by Crippen LogP contribution is 2.24. The van der Waals surface area contributed by atoms with Crippen LogP contribution in [0.3, 0.4) is 0 Å². The van der Waals surface area contributed by atoms with Gasteiger partial charge in [-0.05, 0) is 31.0 Å². The summed E-state index contributed by atoms with van der Waals surface area (Å²) in [5.74, 6) is 0. The molecule has 136 valence electrons. The zero-order chi connectivity index (χ0) is 18.1. The highest BCUT2D eigenvalue weighted by Gasteiger charge is 2.25. The van der Waals surface area contributed by atoms with Crippen LogP contribution < -0.4 is 0 Å². The number of fused-ring (bicyclic) bond motifs is 1. The van der Waals surface area contributed by atoms with Crippen LogP contribution in [0, 0.1) is 0 Å². The zero-order valence-corrected chi connectivity index (χ0v) is 15.1. The van der Waals surface area contributed by atoms with Gasteiger partial charge in [0.1, 0.15) is 0 Å². The van der Waals surface area contributed by atoms with Crippen molar-refractivity contribution in [3.63, 3.8) is 0 Å². The molecule has 3 aromatic heterocycles. The average molecular weight is 358 g/mol. The first kappa shape index (κ1) is 16.2. The number of nitrogens with zero attached hydrogens (tertiary/aromatic N) is 6. The van der Waals surface area contributed by atoms with Gasteiger partial charge in [0.2, 0.25) is 0 Å². The van der Waals surface area contributed by atoms with Crippen molar-refractivity contribution in [3.8, 4) is 11.1 Å². The van der Waals surface area contributed by atoms with E-state index in [2.05, 4.69) is 33.4 Å². The lowest BCUT2D eigenvalue weighted by Gasteiger charge is -2.24. The summed E-state index contributed by atoms with van der Waals surface area (Å²) in [6.45, 7) is 2.97. The van der Waals surface area contributed by atoms with Gasteiger partial charge in [0, 0.05) is 48.5 Å². The van der Waals surface area contributed by atoms with Crippen molar-refractivity contribution in [2.24, 2.45) is 0 Å². The second-order valence-corrected chi connectivity index (χ2v) is 7.15. The second kappa shape index (κ2) is 6.96. The van der Waals surface area contributed by atoms with Gasteiger partial charge < -0.3 is 0 Å². The van der Waals surface area contributed by atoms with Crippen LogP contribution in [0.15, 0.2) is 67.4 Å². The van der Waals surface area contributed by atoms with E-state index in [1.807, 2.05) is 58.3 Å². The number of aromatic nitrogens is 5. The van der Waals surface area contributed by atoms with Crippen LogP contribution in [0.1, 0.15) is 18.4 Å². The molecule has 5 rings (SSSR count). The fraction of sp³-hybridized carbons (Fsp3) is 0.286. The lowest BCUT2D eigenvalue weighted by molar-refractivity contribution is 0.218. The van der Waals surface area contributed by atoms with Gasteiger partial charge in [0.25, 0.3) is 0 Å². The number of hydrogen-bond acceptors (Lipinski definition) is 4. The van der Waals surface area contributed by atoms with Crippen molar-refractivity contribution in [2.45, 2.75) is 32.0 Å². The normalized spacial score (nSPS) is 17.7. The molecule has 1 aliphatic heterocycles. The molecule has 4 heterocycles. The summed E-state index contributed by atoms with van der Waals surface area (Å²) in [5.41, 5.74) is 4.31. The molecular weight excluding hydrogens is 336 g/mol. The number of likely N-dealkylation sites (tertiary alicyclic amines) is 1. The van der Waals surface area contributed by atoms with Crippen molar-refractivity contribution < 1.29 is 0 Å². The maximum Gasteiger partial charge on any atom is 0.162 e. The van der Waals surface area contributed by atoms with Gasteiger partial charge in [-0.3, -0.25) is 9.58 Å². The molecule has 0 spiro atoms. The van der Waals surface area contributed by atoms with Crippen LogP contribution in [0.25, 0.3) is 16.8 Å². The Morgan fingerprint density at radius 1 is 1.04 bits per heavy atom.